The highest BCUT2D eigenvalue weighted by Gasteiger charge is 2.65. The third kappa shape index (κ3) is 2.17. The van der Waals surface area contributed by atoms with Crippen molar-refractivity contribution in [3.05, 3.63) is 23.8 Å². The normalized spacial score (nSPS) is 48.4. The number of rotatable bonds is 2. The number of carbonyl (C=O) groups is 1. The van der Waals surface area contributed by atoms with Crippen LogP contribution in [0.1, 0.15) is 52.4 Å². The number of carbonyl (C=O) groups excluding carboxylic acids is 1. The number of ketones is 1. The summed E-state index contributed by atoms with van der Waals surface area (Å²) in [5, 5.41) is 20.6. The molecule has 4 rings (SSSR count). The minimum absolute atomic E-state index is 0.0637. The summed E-state index contributed by atoms with van der Waals surface area (Å²) >= 11 is 5.38. The predicted octanol–water partition coefficient (Wildman–Crippen LogP) is 3.39. The topological polar surface area (TPSA) is 57.5 Å². The molecule has 2 N–H and O–H groups in total. The van der Waals surface area contributed by atoms with Gasteiger partial charge in [0.25, 0.3) is 0 Å². The Morgan fingerprint density at radius 2 is 1.96 bits per heavy atom. The van der Waals surface area contributed by atoms with Crippen molar-refractivity contribution in [1.82, 2.24) is 0 Å². The van der Waals surface area contributed by atoms with Gasteiger partial charge in [-0.2, -0.15) is 0 Å². The van der Waals surface area contributed by atoms with E-state index in [1.54, 1.807) is 0 Å². The van der Waals surface area contributed by atoms with Gasteiger partial charge in [0.2, 0.25) is 0 Å². The van der Waals surface area contributed by atoms with E-state index in [2.05, 4.69) is 32.1 Å². The standard InChI is InChI=1S/C21H28O3S/c1-19-8-5-14(25)11-13(19)3-4-15-16(19)6-9-20(2)17(15)7-10-21(20,24)18(23)12-22/h5,8,11,15-17,22,24H,3-4,6-7,9-10,12H2,1-2H3/t15-,16+,17+,19+,20+,21+/m1/s1. The molecule has 136 valence electrons. The first kappa shape index (κ1) is 17.6. The number of Topliss-reactive ketones (excluding diaryl/α,β-unsaturated/α-hetero) is 1. The number of hydrogen-bond acceptors (Lipinski definition) is 4. The Balaban J connectivity index is 1.69. The molecule has 0 aromatic carbocycles. The van der Waals surface area contributed by atoms with Crippen molar-refractivity contribution in [3.63, 3.8) is 0 Å². The van der Waals surface area contributed by atoms with Gasteiger partial charge in [0.1, 0.15) is 12.2 Å². The van der Waals surface area contributed by atoms with Crippen LogP contribution >= 0.6 is 12.2 Å². The Morgan fingerprint density at radius 1 is 1.24 bits per heavy atom. The van der Waals surface area contributed by atoms with Crippen molar-refractivity contribution in [2.75, 3.05) is 6.61 Å². The van der Waals surface area contributed by atoms with Crippen LogP contribution in [0.5, 0.6) is 0 Å². The van der Waals surface area contributed by atoms with Gasteiger partial charge in [0, 0.05) is 15.7 Å². The highest BCUT2D eigenvalue weighted by molar-refractivity contribution is 7.81. The van der Waals surface area contributed by atoms with Gasteiger partial charge in [0.15, 0.2) is 5.78 Å². The zero-order valence-electron chi connectivity index (χ0n) is 15.1. The maximum Gasteiger partial charge on any atom is 0.190 e. The molecule has 4 aliphatic rings. The average molecular weight is 361 g/mol. The van der Waals surface area contributed by atoms with E-state index in [0.717, 1.165) is 37.0 Å². The second kappa shape index (κ2) is 5.58. The fraction of sp³-hybridized carbons (Fsp3) is 0.714. The minimum atomic E-state index is -1.35. The minimum Gasteiger partial charge on any atom is -0.388 e. The highest BCUT2D eigenvalue weighted by Crippen LogP contribution is 2.67. The molecule has 0 bridgehead atoms. The molecule has 0 aliphatic heterocycles. The van der Waals surface area contributed by atoms with Gasteiger partial charge in [0.05, 0.1) is 0 Å². The molecule has 3 fully saturated rings. The summed E-state index contributed by atoms with van der Waals surface area (Å²) in [6.45, 7) is 3.88. The first-order valence-corrected chi connectivity index (χ1v) is 9.98. The van der Waals surface area contributed by atoms with Crippen molar-refractivity contribution in [2.45, 2.75) is 58.0 Å². The van der Waals surface area contributed by atoms with Crippen LogP contribution in [-0.4, -0.2) is 33.1 Å². The Labute approximate surface area is 155 Å². The molecule has 0 spiro atoms. The van der Waals surface area contributed by atoms with Crippen LogP contribution in [0.4, 0.5) is 0 Å². The van der Waals surface area contributed by atoms with E-state index in [9.17, 15) is 15.0 Å². The molecule has 0 aromatic rings. The van der Waals surface area contributed by atoms with E-state index >= 15 is 0 Å². The lowest BCUT2D eigenvalue weighted by Crippen LogP contribution is -2.57. The molecule has 0 heterocycles. The van der Waals surface area contributed by atoms with E-state index in [-0.39, 0.29) is 11.2 Å². The van der Waals surface area contributed by atoms with E-state index in [1.807, 2.05) is 0 Å². The Bertz CT molecular complexity index is 695. The third-order valence-electron chi connectivity index (χ3n) is 8.31. The van der Waals surface area contributed by atoms with Crippen LogP contribution < -0.4 is 0 Å². The molecule has 3 nitrogen and oxygen atoms in total. The summed E-state index contributed by atoms with van der Waals surface area (Å²) in [5.41, 5.74) is -0.226. The molecule has 4 aliphatic carbocycles. The number of aliphatic hydroxyl groups excluding tert-OH is 1. The average Bonchev–Trinajstić information content (AvgIpc) is 2.87. The maximum atomic E-state index is 12.3. The zero-order chi connectivity index (χ0) is 18.0. The summed E-state index contributed by atoms with van der Waals surface area (Å²) in [4.78, 5) is 13.3. The second-order valence-corrected chi connectivity index (χ2v) is 9.51. The van der Waals surface area contributed by atoms with Crippen LogP contribution in [0, 0.1) is 28.6 Å². The quantitative estimate of drug-likeness (QED) is 0.741. The Hall–Kier alpha value is -0.840. The smallest absolute Gasteiger partial charge is 0.190 e. The number of aliphatic hydroxyl groups is 2. The molecule has 0 saturated heterocycles. The molecule has 0 radical (unpaired) electrons. The number of hydrogen-bond donors (Lipinski definition) is 2. The van der Waals surface area contributed by atoms with Crippen LogP contribution in [0.2, 0.25) is 0 Å². The summed E-state index contributed by atoms with van der Waals surface area (Å²) in [7, 11) is 0. The Kier molecular flexibility index (Phi) is 3.92. The number of thiocarbonyl (C=S) groups is 1. The van der Waals surface area contributed by atoms with Crippen molar-refractivity contribution >= 4 is 22.9 Å². The lowest BCUT2D eigenvalue weighted by atomic mass is 9.47. The van der Waals surface area contributed by atoms with Gasteiger partial charge >= 0.3 is 0 Å². The Morgan fingerprint density at radius 3 is 2.68 bits per heavy atom. The SMILES string of the molecule is C[C@]12C=CC(=S)C=C1CC[C@@H]1[C@@H]2CC[C@@]2(C)[C@H]1CC[C@]2(O)C(=O)CO. The summed E-state index contributed by atoms with van der Waals surface area (Å²) in [6, 6.07) is 0. The van der Waals surface area contributed by atoms with Crippen LogP contribution in [0.3, 0.4) is 0 Å². The van der Waals surface area contributed by atoms with Gasteiger partial charge < -0.3 is 10.2 Å². The summed E-state index contributed by atoms with van der Waals surface area (Å²) < 4.78 is 0. The van der Waals surface area contributed by atoms with Crippen molar-refractivity contribution in [3.8, 4) is 0 Å². The van der Waals surface area contributed by atoms with Crippen molar-refractivity contribution in [1.29, 1.82) is 0 Å². The van der Waals surface area contributed by atoms with E-state index in [1.165, 1.54) is 5.57 Å². The molecule has 0 unspecified atom stereocenters. The number of allylic oxidation sites excluding steroid dienone is 4. The van der Waals surface area contributed by atoms with Crippen LogP contribution in [-0.2, 0) is 4.79 Å². The molecular formula is C21H28O3S. The fourth-order valence-electron chi connectivity index (χ4n) is 6.80. The summed E-state index contributed by atoms with van der Waals surface area (Å²) in [5.74, 6) is 1.04. The molecule has 6 atom stereocenters. The van der Waals surface area contributed by atoms with Gasteiger partial charge in [-0.3, -0.25) is 4.79 Å². The number of fused-ring (bicyclic) bond motifs is 5. The molecule has 25 heavy (non-hydrogen) atoms. The highest BCUT2D eigenvalue weighted by atomic mass is 32.1. The lowest BCUT2D eigenvalue weighted by Gasteiger charge is -2.58. The van der Waals surface area contributed by atoms with Crippen molar-refractivity contribution in [2.24, 2.45) is 28.6 Å². The molecule has 0 amide bonds. The molecule has 3 saturated carbocycles. The van der Waals surface area contributed by atoms with Gasteiger partial charge in [-0.15, -0.1) is 0 Å². The van der Waals surface area contributed by atoms with E-state index < -0.39 is 17.6 Å². The summed E-state index contributed by atoms with van der Waals surface area (Å²) in [6.07, 6.45) is 12.0. The van der Waals surface area contributed by atoms with E-state index in [0.29, 0.717) is 24.2 Å². The molecular weight excluding hydrogens is 332 g/mol. The lowest BCUT2D eigenvalue weighted by molar-refractivity contribution is -0.163. The largest absolute Gasteiger partial charge is 0.388 e. The third-order valence-corrected chi connectivity index (χ3v) is 8.57. The zero-order valence-corrected chi connectivity index (χ0v) is 15.9. The van der Waals surface area contributed by atoms with Crippen molar-refractivity contribution < 1.29 is 15.0 Å². The predicted molar refractivity (Wildman–Crippen MR) is 101 cm³/mol. The van der Waals surface area contributed by atoms with Crippen LogP contribution in [0.25, 0.3) is 0 Å². The molecule has 0 aromatic heterocycles. The van der Waals surface area contributed by atoms with E-state index in [4.69, 9.17) is 12.2 Å². The monoisotopic (exact) mass is 360 g/mol. The fourth-order valence-corrected chi connectivity index (χ4v) is 7.01. The molecule has 4 heteroatoms. The van der Waals surface area contributed by atoms with Crippen LogP contribution in [0.15, 0.2) is 23.8 Å². The van der Waals surface area contributed by atoms with Gasteiger partial charge in [-0.1, -0.05) is 37.7 Å². The van der Waals surface area contributed by atoms with Gasteiger partial charge in [-0.25, -0.2) is 0 Å². The second-order valence-electron chi connectivity index (χ2n) is 9.04. The first-order chi connectivity index (χ1) is 11.8. The van der Waals surface area contributed by atoms with Gasteiger partial charge in [-0.05, 0) is 68.4 Å². The first-order valence-electron chi connectivity index (χ1n) is 9.57. The maximum absolute atomic E-state index is 12.3.